The van der Waals surface area contributed by atoms with E-state index in [1.165, 1.54) is 0 Å². The lowest BCUT2D eigenvalue weighted by atomic mass is 10.0. The zero-order valence-corrected chi connectivity index (χ0v) is 12.7. The maximum Gasteiger partial charge on any atom is 0.124 e. The molecule has 1 N–H and O–H groups in total. The third-order valence-electron chi connectivity index (χ3n) is 3.17. The SMILES string of the molecule is CCCNC(c1cnccn1)c1ccccc1OCCC. The smallest absolute Gasteiger partial charge is 0.124 e. The van der Waals surface area contributed by atoms with E-state index in [9.17, 15) is 0 Å². The molecule has 0 aliphatic rings. The summed E-state index contributed by atoms with van der Waals surface area (Å²) in [5.41, 5.74) is 2.03. The molecular formula is C17H23N3O. The van der Waals surface area contributed by atoms with Crippen LogP contribution in [0, 0.1) is 0 Å². The summed E-state index contributed by atoms with van der Waals surface area (Å²) in [5.74, 6) is 0.915. The van der Waals surface area contributed by atoms with Crippen molar-refractivity contribution < 1.29 is 4.74 Å². The molecule has 112 valence electrons. The molecule has 0 aliphatic heterocycles. The summed E-state index contributed by atoms with van der Waals surface area (Å²) < 4.78 is 5.88. The summed E-state index contributed by atoms with van der Waals surface area (Å²) in [6.07, 6.45) is 7.29. The first-order valence-corrected chi connectivity index (χ1v) is 7.57. The zero-order valence-electron chi connectivity index (χ0n) is 12.7. The van der Waals surface area contributed by atoms with Crippen LogP contribution in [0.3, 0.4) is 0 Å². The highest BCUT2D eigenvalue weighted by Crippen LogP contribution is 2.29. The van der Waals surface area contributed by atoms with Gasteiger partial charge in [0.1, 0.15) is 5.75 Å². The Balaban J connectivity index is 2.32. The molecule has 4 heteroatoms. The fourth-order valence-electron chi connectivity index (χ4n) is 2.18. The molecule has 21 heavy (non-hydrogen) atoms. The van der Waals surface area contributed by atoms with Gasteiger partial charge in [0.25, 0.3) is 0 Å². The van der Waals surface area contributed by atoms with Gasteiger partial charge in [-0.1, -0.05) is 32.0 Å². The van der Waals surface area contributed by atoms with E-state index in [0.717, 1.165) is 43.0 Å². The second-order valence-electron chi connectivity index (χ2n) is 4.90. The van der Waals surface area contributed by atoms with Crippen LogP contribution in [-0.2, 0) is 0 Å². The van der Waals surface area contributed by atoms with Gasteiger partial charge < -0.3 is 10.1 Å². The normalized spacial score (nSPS) is 12.1. The van der Waals surface area contributed by atoms with Crippen molar-refractivity contribution in [3.63, 3.8) is 0 Å². The molecular weight excluding hydrogens is 262 g/mol. The van der Waals surface area contributed by atoms with E-state index in [0.29, 0.717) is 0 Å². The number of ether oxygens (including phenoxy) is 1. The van der Waals surface area contributed by atoms with Crippen LogP contribution < -0.4 is 10.1 Å². The molecule has 1 aromatic carbocycles. The van der Waals surface area contributed by atoms with Crippen molar-refractivity contribution in [2.75, 3.05) is 13.2 Å². The lowest BCUT2D eigenvalue weighted by Gasteiger charge is -2.21. The van der Waals surface area contributed by atoms with Crippen molar-refractivity contribution in [3.05, 3.63) is 54.1 Å². The van der Waals surface area contributed by atoms with Crippen LogP contribution in [-0.4, -0.2) is 23.1 Å². The molecule has 0 saturated carbocycles. The Hall–Kier alpha value is -1.94. The summed E-state index contributed by atoms with van der Waals surface area (Å²) in [7, 11) is 0. The van der Waals surface area contributed by atoms with Gasteiger partial charge in [0.15, 0.2) is 0 Å². The van der Waals surface area contributed by atoms with Crippen LogP contribution in [0.4, 0.5) is 0 Å². The molecule has 4 nitrogen and oxygen atoms in total. The van der Waals surface area contributed by atoms with Crippen LogP contribution >= 0.6 is 0 Å². The molecule has 0 radical (unpaired) electrons. The Morgan fingerprint density at radius 2 is 2.00 bits per heavy atom. The van der Waals surface area contributed by atoms with Gasteiger partial charge in [-0.25, -0.2) is 0 Å². The number of hydrogen-bond donors (Lipinski definition) is 1. The molecule has 1 unspecified atom stereocenters. The number of aromatic nitrogens is 2. The number of nitrogens with one attached hydrogen (secondary N) is 1. The standard InChI is InChI=1S/C17H23N3O/c1-3-9-20-17(15-13-18-10-11-19-15)14-7-5-6-8-16(14)21-12-4-2/h5-8,10-11,13,17,20H,3-4,9,12H2,1-2H3. The predicted octanol–water partition coefficient (Wildman–Crippen LogP) is 3.35. The second kappa shape index (κ2) is 8.37. The first kappa shape index (κ1) is 15.4. The van der Waals surface area contributed by atoms with Crippen LogP contribution in [0.5, 0.6) is 5.75 Å². The molecule has 2 rings (SSSR count). The van der Waals surface area contributed by atoms with Crippen molar-refractivity contribution in [3.8, 4) is 5.75 Å². The first-order chi connectivity index (χ1) is 10.4. The summed E-state index contributed by atoms with van der Waals surface area (Å²) in [6, 6.07) is 8.15. The number of para-hydroxylation sites is 1. The monoisotopic (exact) mass is 285 g/mol. The highest BCUT2D eigenvalue weighted by Gasteiger charge is 2.18. The number of rotatable bonds is 8. The Kier molecular flexibility index (Phi) is 6.16. The fraction of sp³-hybridized carbons (Fsp3) is 0.412. The van der Waals surface area contributed by atoms with E-state index < -0.39 is 0 Å². The average Bonchev–Trinajstić information content (AvgIpc) is 2.55. The van der Waals surface area contributed by atoms with Crippen molar-refractivity contribution in [1.82, 2.24) is 15.3 Å². The van der Waals surface area contributed by atoms with Gasteiger partial charge in [-0.2, -0.15) is 0 Å². The minimum absolute atomic E-state index is 0.00621. The van der Waals surface area contributed by atoms with Crippen molar-refractivity contribution >= 4 is 0 Å². The minimum atomic E-state index is 0.00621. The Labute approximate surface area is 126 Å². The maximum absolute atomic E-state index is 5.88. The van der Waals surface area contributed by atoms with Crippen molar-refractivity contribution in [2.45, 2.75) is 32.7 Å². The van der Waals surface area contributed by atoms with Gasteiger partial charge in [-0.15, -0.1) is 0 Å². The molecule has 1 atom stereocenters. The number of benzene rings is 1. The van der Waals surface area contributed by atoms with Crippen LogP contribution in [0.25, 0.3) is 0 Å². The first-order valence-electron chi connectivity index (χ1n) is 7.57. The Bertz CT molecular complexity index is 531. The summed E-state index contributed by atoms with van der Waals surface area (Å²) in [6.45, 7) is 5.90. The quantitative estimate of drug-likeness (QED) is 0.808. The third kappa shape index (κ3) is 4.26. The summed E-state index contributed by atoms with van der Waals surface area (Å²) in [5, 5.41) is 3.54. The van der Waals surface area contributed by atoms with E-state index in [1.807, 2.05) is 24.4 Å². The zero-order chi connectivity index (χ0) is 14.9. The van der Waals surface area contributed by atoms with Gasteiger partial charge in [-0.05, 0) is 25.5 Å². The van der Waals surface area contributed by atoms with E-state index in [4.69, 9.17) is 4.74 Å². The van der Waals surface area contributed by atoms with Gasteiger partial charge in [0.05, 0.1) is 24.5 Å². The van der Waals surface area contributed by atoms with Crippen molar-refractivity contribution in [2.24, 2.45) is 0 Å². The van der Waals surface area contributed by atoms with Crippen LogP contribution in [0.1, 0.15) is 44.0 Å². The van der Waals surface area contributed by atoms with Crippen LogP contribution in [0.2, 0.25) is 0 Å². The van der Waals surface area contributed by atoms with E-state index >= 15 is 0 Å². The molecule has 1 aromatic heterocycles. The van der Waals surface area contributed by atoms with Gasteiger partial charge in [0, 0.05) is 18.0 Å². The molecule has 2 aromatic rings. The van der Waals surface area contributed by atoms with Gasteiger partial charge in [-0.3, -0.25) is 9.97 Å². The Morgan fingerprint density at radius 1 is 1.14 bits per heavy atom. The largest absolute Gasteiger partial charge is 0.493 e. The Morgan fingerprint density at radius 3 is 2.71 bits per heavy atom. The van der Waals surface area contributed by atoms with Crippen molar-refractivity contribution in [1.29, 1.82) is 0 Å². The minimum Gasteiger partial charge on any atom is -0.493 e. The number of nitrogens with zero attached hydrogens (tertiary/aromatic N) is 2. The lowest BCUT2D eigenvalue weighted by Crippen LogP contribution is -2.24. The third-order valence-corrected chi connectivity index (χ3v) is 3.17. The molecule has 0 spiro atoms. The lowest BCUT2D eigenvalue weighted by molar-refractivity contribution is 0.311. The highest BCUT2D eigenvalue weighted by atomic mass is 16.5. The fourth-order valence-corrected chi connectivity index (χ4v) is 2.18. The van der Waals surface area contributed by atoms with Gasteiger partial charge in [0.2, 0.25) is 0 Å². The van der Waals surface area contributed by atoms with E-state index in [2.05, 4.69) is 35.2 Å². The summed E-state index contributed by atoms with van der Waals surface area (Å²) >= 11 is 0. The molecule has 0 fully saturated rings. The molecule has 0 bridgehead atoms. The maximum atomic E-state index is 5.88. The predicted molar refractivity (Wildman–Crippen MR) is 84.4 cm³/mol. The molecule has 0 amide bonds. The van der Waals surface area contributed by atoms with Gasteiger partial charge >= 0.3 is 0 Å². The average molecular weight is 285 g/mol. The molecule has 0 aliphatic carbocycles. The highest BCUT2D eigenvalue weighted by molar-refractivity contribution is 5.39. The van der Waals surface area contributed by atoms with Crippen LogP contribution in [0.15, 0.2) is 42.9 Å². The van der Waals surface area contributed by atoms with E-state index in [-0.39, 0.29) is 6.04 Å². The molecule has 1 heterocycles. The number of hydrogen-bond acceptors (Lipinski definition) is 4. The van der Waals surface area contributed by atoms with E-state index in [1.54, 1.807) is 12.4 Å². The topological polar surface area (TPSA) is 47.0 Å². The second-order valence-corrected chi connectivity index (χ2v) is 4.90. The summed E-state index contributed by atoms with van der Waals surface area (Å²) in [4.78, 5) is 8.64. The molecule has 0 saturated heterocycles.